The van der Waals surface area contributed by atoms with Gasteiger partial charge in [0, 0.05) is 23.2 Å². The zero-order valence-electron chi connectivity index (χ0n) is 22.3. The van der Waals surface area contributed by atoms with E-state index in [9.17, 15) is 10.1 Å². The van der Waals surface area contributed by atoms with Crippen molar-refractivity contribution in [2.24, 2.45) is 0 Å². The SMILES string of the molecule is C[C@@H](OC(=O)Nc1ccc(-c2c(C#N)c3ccc(OCC4COCO4)cc3n2C2CCC2)cc1)c1ccccc1. The van der Waals surface area contributed by atoms with Crippen molar-refractivity contribution in [2.75, 3.05) is 25.3 Å². The first-order valence-electron chi connectivity index (χ1n) is 13.6. The summed E-state index contributed by atoms with van der Waals surface area (Å²) in [5.74, 6) is 0.736. The Kier molecular flexibility index (Phi) is 7.41. The fourth-order valence-electron chi connectivity index (χ4n) is 5.27. The second-order valence-corrected chi connectivity index (χ2v) is 10.2. The lowest BCUT2D eigenvalue weighted by Gasteiger charge is -2.30. The number of hydrogen-bond acceptors (Lipinski definition) is 6. The van der Waals surface area contributed by atoms with Crippen LogP contribution in [0.25, 0.3) is 22.2 Å². The average Bonchev–Trinajstić information content (AvgIpc) is 3.58. The molecule has 1 aliphatic carbocycles. The molecule has 0 spiro atoms. The predicted octanol–water partition coefficient (Wildman–Crippen LogP) is 6.97. The summed E-state index contributed by atoms with van der Waals surface area (Å²) in [4.78, 5) is 12.5. The van der Waals surface area contributed by atoms with Gasteiger partial charge in [-0.3, -0.25) is 5.32 Å². The maximum atomic E-state index is 12.5. The summed E-state index contributed by atoms with van der Waals surface area (Å²) in [6, 6.07) is 25.8. The number of carbonyl (C=O) groups excluding carboxylic acids is 1. The molecule has 204 valence electrons. The maximum Gasteiger partial charge on any atom is 0.412 e. The minimum atomic E-state index is -0.521. The van der Waals surface area contributed by atoms with Crippen LogP contribution in [0.4, 0.5) is 10.5 Å². The number of nitrogens with zero attached hydrogens (tertiary/aromatic N) is 2. The molecule has 40 heavy (non-hydrogen) atoms. The van der Waals surface area contributed by atoms with E-state index in [0.717, 1.165) is 52.7 Å². The van der Waals surface area contributed by atoms with E-state index in [1.165, 1.54) is 0 Å². The van der Waals surface area contributed by atoms with Crippen molar-refractivity contribution in [1.82, 2.24) is 4.57 Å². The zero-order chi connectivity index (χ0) is 27.5. The van der Waals surface area contributed by atoms with E-state index in [1.54, 1.807) is 0 Å². The monoisotopic (exact) mass is 537 g/mol. The highest BCUT2D eigenvalue weighted by molar-refractivity contribution is 5.96. The molecule has 6 rings (SSSR count). The molecule has 1 aromatic heterocycles. The van der Waals surface area contributed by atoms with Crippen LogP contribution in [0.15, 0.2) is 72.8 Å². The zero-order valence-corrected chi connectivity index (χ0v) is 22.3. The molecule has 4 aromatic rings. The largest absolute Gasteiger partial charge is 0.491 e. The van der Waals surface area contributed by atoms with Crippen molar-refractivity contribution in [2.45, 2.75) is 44.4 Å². The maximum absolute atomic E-state index is 12.5. The molecule has 1 saturated carbocycles. The Morgan fingerprint density at radius 2 is 1.93 bits per heavy atom. The number of anilines is 1. The summed E-state index contributed by atoms with van der Waals surface area (Å²) in [5, 5.41) is 13.9. The van der Waals surface area contributed by atoms with Gasteiger partial charge in [-0.05, 0) is 61.6 Å². The highest BCUT2D eigenvalue weighted by Gasteiger charge is 2.28. The fraction of sp³-hybridized carbons (Fsp3) is 0.312. The lowest BCUT2D eigenvalue weighted by molar-refractivity contribution is 0.0320. The number of hydrogen-bond donors (Lipinski definition) is 1. The van der Waals surface area contributed by atoms with Crippen LogP contribution in [0, 0.1) is 11.3 Å². The highest BCUT2D eigenvalue weighted by atomic mass is 16.7. The summed E-state index contributed by atoms with van der Waals surface area (Å²) in [6.45, 7) is 3.08. The molecular weight excluding hydrogens is 506 g/mol. The topological polar surface area (TPSA) is 94.7 Å². The Bertz CT molecular complexity index is 1530. The van der Waals surface area contributed by atoms with Gasteiger partial charge in [0.15, 0.2) is 0 Å². The molecule has 2 atom stereocenters. The highest BCUT2D eigenvalue weighted by Crippen LogP contribution is 2.43. The molecule has 8 nitrogen and oxygen atoms in total. The van der Waals surface area contributed by atoms with Crippen LogP contribution in [0.5, 0.6) is 5.75 Å². The normalized spacial score (nSPS) is 17.6. The van der Waals surface area contributed by atoms with Crippen molar-refractivity contribution in [1.29, 1.82) is 5.26 Å². The number of nitriles is 1. The van der Waals surface area contributed by atoms with E-state index in [2.05, 4.69) is 16.0 Å². The second-order valence-electron chi connectivity index (χ2n) is 10.2. The summed E-state index contributed by atoms with van der Waals surface area (Å²) in [5.41, 5.74) is 4.97. The first-order chi connectivity index (χ1) is 19.6. The van der Waals surface area contributed by atoms with Crippen LogP contribution >= 0.6 is 0 Å². The van der Waals surface area contributed by atoms with Gasteiger partial charge in [0.25, 0.3) is 0 Å². The quantitative estimate of drug-likeness (QED) is 0.261. The molecule has 0 radical (unpaired) electrons. The van der Waals surface area contributed by atoms with E-state index >= 15 is 0 Å². The number of rotatable bonds is 8. The number of carbonyl (C=O) groups is 1. The Balaban J connectivity index is 1.25. The molecule has 0 bridgehead atoms. The molecule has 2 aliphatic rings. The van der Waals surface area contributed by atoms with Crippen LogP contribution in [0.2, 0.25) is 0 Å². The van der Waals surface area contributed by atoms with Gasteiger partial charge < -0.3 is 23.5 Å². The summed E-state index contributed by atoms with van der Waals surface area (Å²) < 4.78 is 24.6. The van der Waals surface area contributed by atoms with Crippen LogP contribution in [-0.2, 0) is 14.2 Å². The van der Waals surface area contributed by atoms with Gasteiger partial charge in [-0.2, -0.15) is 5.26 Å². The van der Waals surface area contributed by atoms with Gasteiger partial charge in [-0.15, -0.1) is 0 Å². The van der Waals surface area contributed by atoms with Crippen molar-refractivity contribution in [3.05, 3.63) is 83.9 Å². The third kappa shape index (κ3) is 5.26. The molecular formula is C32H31N3O5. The third-order valence-corrected chi connectivity index (χ3v) is 7.61. The van der Waals surface area contributed by atoms with E-state index in [4.69, 9.17) is 18.9 Å². The van der Waals surface area contributed by atoms with Crippen molar-refractivity contribution in [3.63, 3.8) is 0 Å². The number of aromatic nitrogens is 1. The van der Waals surface area contributed by atoms with Crippen molar-refractivity contribution in [3.8, 4) is 23.1 Å². The Labute approximate surface area is 233 Å². The minimum Gasteiger partial charge on any atom is -0.491 e. The summed E-state index contributed by atoms with van der Waals surface area (Å²) in [7, 11) is 0. The van der Waals surface area contributed by atoms with Gasteiger partial charge in [0.2, 0.25) is 0 Å². The average molecular weight is 538 g/mol. The fourth-order valence-corrected chi connectivity index (χ4v) is 5.27. The minimum absolute atomic E-state index is 0.0784. The van der Waals surface area contributed by atoms with E-state index in [0.29, 0.717) is 37.3 Å². The molecule has 1 N–H and O–H groups in total. The van der Waals surface area contributed by atoms with Gasteiger partial charge in [0.05, 0.1) is 23.4 Å². The van der Waals surface area contributed by atoms with E-state index in [-0.39, 0.29) is 12.2 Å². The van der Waals surface area contributed by atoms with E-state index in [1.807, 2.05) is 79.7 Å². The van der Waals surface area contributed by atoms with Gasteiger partial charge >= 0.3 is 6.09 Å². The third-order valence-electron chi connectivity index (χ3n) is 7.61. The first-order valence-corrected chi connectivity index (χ1v) is 13.6. The Morgan fingerprint density at radius 1 is 1.12 bits per heavy atom. The Morgan fingerprint density at radius 3 is 2.60 bits per heavy atom. The van der Waals surface area contributed by atoms with Gasteiger partial charge in [-0.25, -0.2) is 4.79 Å². The number of benzene rings is 3. The van der Waals surface area contributed by atoms with Crippen molar-refractivity contribution < 1.29 is 23.7 Å². The molecule has 1 aliphatic heterocycles. The smallest absolute Gasteiger partial charge is 0.412 e. The van der Waals surface area contributed by atoms with Crippen LogP contribution in [-0.4, -0.2) is 36.8 Å². The summed E-state index contributed by atoms with van der Waals surface area (Å²) in [6.07, 6.45) is 2.31. The molecule has 3 aromatic carbocycles. The molecule has 1 unspecified atom stereocenters. The molecule has 1 amide bonds. The standard InChI is InChI=1S/C32H31N3O5/c1-21(22-6-3-2-4-7-22)40-32(36)34-24-12-10-23(11-13-24)31-29(17-33)28-15-14-26(38-19-27-18-37-20-39-27)16-30(28)35(31)25-8-5-9-25/h2-4,6-7,10-16,21,25,27H,5,8-9,18-20H2,1H3,(H,34,36)/t21-,27?/m1/s1. The van der Waals surface area contributed by atoms with Gasteiger partial charge in [0.1, 0.15) is 37.4 Å². The number of ether oxygens (including phenoxy) is 4. The van der Waals surface area contributed by atoms with Crippen LogP contribution in [0.1, 0.15) is 49.5 Å². The molecule has 1 saturated heterocycles. The van der Waals surface area contributed by atoms with Gasteiger partial charge in [-0.1, -0.05) is 42.5 Å². The predicted molar refractivity (Wildman–Crippen MR) is 151 cm³/mol. The first kappa shape index (κ1) is 25.9. The molecule has 8 heteroatoms. The van der Waals surface area contributed by atoms with Crippen molar-refractivity contribution >= 4 is 22.7 Å². The number of fused-ring (bicyclic) bond motifs is 1. The summed E-state index contributed by atoms with van der Waals surface area (Å²) >= 11 is 0. The molecule has 2 fully saturated rings. The Hall–Kier alpha value is -4.32. The van der Waals surface area contributed by atoms with E-state index < -0.39 is 6.09 Å². The lowest BCUT2D eigenvalue weighted by Crippen LogP contribution is -2.20. The number of amides is 1. The van der Waals surface area contributed by atoms with Crippen LogP contribution in [0.3, 0.4) is 0 Å². The molecule has 2 heterocycles. The lowest BCUT2D eigenvalue weighted by atomic mass is 9.92. The number of nitrogens with one attached hydrogen (secondary N) is 1. The second kappa shape index (κ2) is 11.4. The van der Waals surface area contributed by atoms with Crippen LogP contribution < -0.4 is 10.1 Å².